The zero-order valence-electron chi connectivity index (χ0n) is 19.1. The SMILES string of the molecule is Cn1cncc1-c1ccc2cnc(NC(=O)c3ccnc(N4CCN(C5CC5)CC4)c3)cc2n1. The lowest BCUT2D eigenvalue weighted by atomic mass is 10.2. The second kappa shape index (κ2) is 8.49. The Morgan fingerprint density at radius 1 is 1.03 bits per heavy atom. The molecular weight excluding hydrogens is 428 g/mol. The number of hydrogen-bond acceptors (Lipinski definition) is 7. The van der Waals surface area contributed by atoms with Crippen LogP contribution in [0.4, 0.5) is 11.6 Å². The molecule has 2 fully saturated rings. The number of fused-ring (bicyclic) bond motifs is 1. The van der Waals surface area contributed by atoms with E-state index in [0.717, 1.165) is 60.3 Å². The Hall–Kier alpha value is -3.85. The highest BCUT2D eigenvalue weighted by atomic mass is 16.1. The Morgan fingerprint density at radius 2 is 1.88 bits per heavy atom. The number of aromatic nitrogens is 5. The second-order valence-electron chi connectivity index (χ2n) is 8.96. The van der Waals surface area contributed by atoms with Crippen molar-refractivity contribution in [1.82, 2.24) is 29.4 Å². The van der Waals surface area contributed by atoms with Crippen molar-refractivity contribution in [2.24, 2.45) is 7.05 Å². The molecule has 0 atom stereocenters. The molecule has 5 heterocycles. The van der Waals surface area contributed by atoms with Gasteiger partial charge in [0.25, 0.3) is 5.91 Å². The van der Waals surface area contributed by atoms with E-state index in [2.05, 4.69) is 30.1 Å². The molecule has 1 saturated heterocycles. The molecular formula is C25H26N8O. The van der Waals surface area contributed by atoms with Crippen LogP contribution in [-0.4, -0.2) is 67.5 Å². The molecule has 1 aliphatic heterocycles. The summed E-state index contributed by atoms with van der Waals surface area (Å²) in [4.78, 5) is 35.6. The average Bonchev–Trinajstić information content (AvgIpc) is 3.64. The summed E-state index contributed by atoms with van der Waals surface area (Å²) < 4.78 is 1.92. The van der Waals surface area contributed by atoms with Crippen molar-refractivity contribution in [3.05, 3.63) is 60.8 Å². The van der Waals surface area contributed by atoms with Crippen molar-refractivity contribution in [3.8, 4) is 11.4 Å². The fraction of sp³-hybridized carbons (Fsp3) is 0.320. The molecule has 4 aromatic rings. The summed E-state index contributed by atoms with van der Waals surface area (Å²) in [6.07, 6.45) is 9.61. The number of pyridine rings is 3. The Balaban J connectivity index is 1.18. The number of anilines is 2. The van der Waals surface area contributed by atoms with E-state index in [4.69, 9.17) is 4.98 Å². The van der Waals surface area contributed by atoms with Crippen LogP contribution in [0.25, 0.3) is 22.3 Å². The molecule has 0 spiro atoms. The standard InChI is InChI=1S/C25H26N8O/c1-31-16-26-15-22(31)20-5-2-18-14-28-23(13-21(18)29-20)30-25(34)17-6-7-27-24(12-17)33-10-8-32(9-11-33)19-3-4-19/h2,5-7,12-16,19H,3-4,8-11H2,1H3,(H,28,30,34). The lowest BCUT2D eigenvalue weighted by Gasteiger charge is -2.35. The van der Waals surface area contributed by atoms with Crippen LogP contribution in [0.15, 0.2) is 55.2 Å². The average molecular weight is 455 g/mol. The highest BCUT2D eigenvalue weighted by Crippen LogP contribution is 2.28. The smallest absolute Gasteiger partial charge is 0.257 e. The van der Waals surface area contributed by atoms with Gasteiger partial charge in [0.05, 0.1) is 29.4 Å². The summed E-state index contributed by atoms with van der Waals surface area (Å²) in [7, 11) is 1.93. The summed E-state index contributed by atoms with van der Waals surface area (Å²) in [6.45, 7) is 3.98. The van der Waals surface area contributed by atoms with Crippen LogP contribution in [0.3, 0.4) is 0 Å². The fourth-order valence-corrected chi connectivity index (χ4v) is 4.51. The quantitative estimate of drug-likeness (QED) is 0.496. The van der Waals surface area contributed by atoms with Gasteiger partial charge in [-0.1, -0.05) is 0 Å². The largest absolute Gasteiger partial charge is 0.354 e. The van der Waals surface area contributed by atoms with E-state index in [1.807, 2.05) is 29.8 Å². The molecule has 34 heavy (non-hydrogen) atoms. The van der Waals surface area contributed by atoms with E-state index in [-0.39, 0.29) is 5.91 Å². The van der Waals surface area contributed by atoms with Gasteiger partial charge in [-0.3, -0.25) is 9.69 Å². The molecule has 1 saturated carbocycles. The molecule has 0 bridgehead atoms. The van der Waals surface area contributed by atoms with Crippen LogP contribution in [-0.2, 0) is 7.05 Å². The maximum absolute atomic E-state index is 13.0. The summed E-state index contributed by atoms with van der Waals surface area (Å²) in [6, 6.07) is 10.1. The normalized spacial score (nSPS) is 16.7. The Kier molecular flexibility index (Phi) is 5.18. The fourth-order valence-electron chi connectivity index (χ4n) is 4.51. The predicted octanol–water partition coefficient (Wildman–Crippen LogP) is 2.96. The van der Waals surface area contributed by atoms with Gasteiger partial charge in [0.1, 0.15) is 11.6 Å². The lowest BCUT2D eigenvalue weighted by molar-refractivity contribution is 0.102. The van der Waals surface area contributed by atoms with Gasteiger partial charge >= 0.3 is 0 Å². The van der Waals surface area contributed by atoms with Gasteiger partial charge < -0.3 is 14.8 Å². The Labute approximate surface area is 197 Å². The zero-order valence-corrected chi connectivity index (χ0v) is 19.1. The molecule has 1 N–H and O–H groups in total. The van der Waals surface area contributed by atoms with Gasteiger partial charge in [-0.15, -0.1) is 0 Å². The van der Waals surface area contributed by atoms with Gasteiger partial charge in [-0.2, -0.15) is 0 Å². The molecule has 0 aromatic carbocycles. The minimum absolute atomic E-state index is 0.213. The predicted molar refractivity (Wildman–Crippen MR) is 131 cm³/mol. The topological polar surface area (TPSA) is 92.1 Å². The Bertz CT molecular complexity index is 1350. The van der Waals surface area contributed by atoms with Gasteiger partial charge in [0.15, 0.2) is 0 Å². The van der Waals surface area contributed by atoms with Crippen LogP contribution in [0.1, 0.15) is 23.2 Å². The van der Waals surface area contributed by atoms with E-state index in [9.17, 15) is 4.79 Å². The lowest BCUT2D eigenvalue weighted by Crippen LogP contribution is -2.47. The van der Waals surface area contributed by atoms with Gasteiger partial charge in [0.2, 0.25) is 0 Å². The number of aryl methyl sites for hydroxylation is 1. The summed E-state index contributed by atoms with van der Waals surface area (Å²) >= 11 is 0. The summed E-state index contributed by atoms with van der Waals surface area (Å²) in [5, 5.41) is 3.82. The number of carbonyl (C=O) groups excluding carboxylic acids is 1. The molecule has 9 nitrogen and oxygen atoms in total. The van der Waals surface area contributed by atoms with Crippen molar-refractivity contribution >= 4 is 28.4 Å². The van der Waals surface area contributed by atoms with Crippen LogP contribution >= 0.6 is 0 Å². The molecule has 9 heteroatoms. The first-order valence-electron chi connectivity index (χ1n) is 11.6. The number of rotatable bonds is 5. The van der Waals surface area contributed by atoms with Crippen LogP contribution in [0.2, 0.25) is 0 Å². The highest BCUT2D eigenvalue weighted by Gasteiger charge is 2.31. The Morgan fingerprint density at radius 3 is 2.65 bits per heavy atom. The first kappa shape index (κ1) is 20.7. The van der Waals surface area contributed by atoms with Crippen molar-refractivity contribution in [3.63, 3.8) is 0 Å². The maximum atomic E-state index is 13.0. The van der Waals surface area contributed by atoms with Crippen molar-refractivity contribution in [2.45, 2.75) is 18.9 Å². The van der Waals surface area contributed by atoms with Crippen LogP contribution < -0.4 is 10.2 Å². The molecule has 0 radical (unpaired) electrons. The second-order valence-corrected chi connectivity index (χ2v) is 8.96. The van der Waals surface area contributed by atoms with Crippen molar-refractivity contribution in [1.29, 1.82) is 0 Å². The molecule has 1 amide bonds. The molecule has 0 unspecified atom stereocenters. The first-order chi connectivity index (χ1) is 16.6. The molecule has 6 rings (SSSR count). The van der Waals surface area contributed by atoms with E-state index >= 15 is 0 Å². The number of piperazine rings is 1. The van der Waals surface area contributed by atoms with Gasteiger partial charge in [0, 0.05) is 68.7 Å². The first-order valence-corrected chi connectivity index (χ1v) is 11.6. The van der Waals surface area contributed by atoms with Gasteiger partial charge in [-0.05, 0) is 37.1 Å². The number of imidazole rings is 1. The maximum Gasteiger partial charge on any atom is 0.257 e. The van der Waals surface area contributed by atoms with Crippen molar-refractivity contribution in [2.75, 3.05) is 36.4 Å². The zero-order chi connectivity index (χ0) is 23.1. The van der Waals surface area contributed by atoms with E-state index in [1.165, 1.54) is 12.8 Å². The minimum Gasteiger partial charge on any atom is -0.354 e. The number of amides is 1. The summed E-state index contributed by atoms with van der Waals surface area (Å²) in [5.41, 5.74) is 3.06. The highest BCUT2D eigenvalue weighted by molar-refractivity contribution is 6.04. The third kappa shape index (κ3) is 4.10. The third-order valence-electron chi connectivity index (χ3n) is 6.60. The number of carbonyl (C=O) groups is 1. The summed E-state index contributed by atoms with van der Waals surface area (Å²) in [5.74, 6) is 1.09. The molecule has 172 valence electrons. The van der Waals surface area contributed by atoms with Gasteiger partial charge in [-0.25, -0.2) is 19.9 Å². The third-order valence-corrected chi connectivity index (χ3v) is 6.60. The van der Waals surface area contributed by atoms with Crippen molar-refractivity contribution < 1.29 is 4.79 Å². The molecule has 4 aromatic heterocycles. The van der Waals surface area contributed by atoms with E-state index in [0.29, 0.717) is 11.4 Å². The number of hydrogen-bond donors (Lipinski definition) is 1. The monoisotopic (exact) mass is 454 g/mol. The number of nitrogens with one attached hydrogen (secondary N) is 1. The minimum atomic E-state index is -0.213. The number of nitrogens with zero attached hydrogens (tertiary/aromatic N) is 7. The molecule has 1 aliphatic carbocycles. The van der Waals surface area contributed by atoms with Crippen LogP contribution in [0, 0.1) is 0 Å². The van der Waals surface area contributed by atoms with E-state index in [1.54, 1.807) is 37.1 Å². The van der Waals surface area contributed by atoms with Crippen LogP contribution in [0.5, 0.6) is 0 Å². The van der Waals surface area contributed by atoms with E-state index < -0.39 is 0 Å². The molecule has 2 aliphatic rings.